The van der Waals surface area contributed by atoms with Gasteiger partial charge in [0.05, 0.1) is 35.6 Å². The van der Waals surface area contributed by atoms with E-state index in [9.17, 15) is 24.0 Å². The molecule has 1 fully saturated rings. The molecule has 3 aromatic rings. The molecule has 1 unspecified atom stereocenters. The Labute approximate surface area is 226 Å². The molecular weight excluding hydrogens is 526 g/mol. The van der Waals surface area contributed by atoms with Crippen molar-refractivity contribution in [1.29, 1.82) is 0 Å². The molecule has 5 rings (SSSR count). The normalized spacial score (nSPS) is 17.2. The number of amides is 6. The third-order valence-corrected chi connectivity index (χ3v) is 7.87. The predicted molar refractivity (Wildman–Crippen MR) is 141 cm³/mol. The molecule has 12 nitrogen and oxygen atoms in total. The van der Waals surface area contributed by atoms with Gasteiger partial charge in [-0.1, -0.05) is 0 Å². The summed E-state index contributed by atoms with van der Waals surface area (Å²) < 4.78 is 11.6. The second-order valence-corrected chi connectivity index (χ2v) is 10.6. The fourth-order valence-corrected chi connectivity index (χ4v) is 5.63. The number of nitrogens with zero attached hydrogens (tertiary/aromatic N) is 2. The fraction of sp³-hybridized carbons (Fsp3) is 0.308. The zero-order chi connectivity index (χ0) is 28.1. The number of imide groups is 2. The minimum absolute atomic E-state index is 0.0293. The molecule has 0 radical (unpaired) electrons. The molecule has 2 aliphatic heterocycles. The number of urea groups is 1. The Balaban J connectivity index is 1.32. The first-order chi connectivity index (χ1) is 18.5. The van der Waals surface area contributed by atoms with Crippen LogP contribution in [0, 0.1) is 0 Å². The molecule has 39 heavy (non-hydrogen) atoms. The van der Waals surface area contributed by atoms with Crippen molar-refractivity contribution in [2.75, 3.05) is 19.5 Å². The zero-order valence-electron chi connectivity index (χ0n) is 21.5. The van der Waals surface area contributed by atoms with Gasteiger partial charge < -0.3 is 20.1 Å². The Morgan fingerprint density at radius 3 is 2.51 bits per heavy atom. The Kier molecular flexibility index (Phi) is 6.46. The highest BCUT2D eigenvalue weighted by Crippen LogP contribution is 2.37. The molecule has 202 valence electrons. The minimum atomic E-state index is -1.07. The smallest absolute Gasteiger partial charge is 0.319 e. The summed E-state index contributed by atoms with van der Waals surface area (Å²) >= 11 is 1.39. The van der Waals surface area contributed by atoms with Crippen LogP contribution in [-0.4, -0.2) is 59.8 Å². The van der Waals surface area contributed by atoms with Crippen molar-refractivity contribution in [3.63, 3.8) is 0 Å². The number of carbonyl (C=O) groups is 5. The third-order valence-electron chi connectivity index (χ3n) is 6.55. The lowest BCUT2D eigenvalue weighted by Crippen LogP contribution is -2.54. The number of hydrogen-bond acceptors (Lipinski definition) is 9. The van der Waals surface area contributed by atoms with E-state index in [1.54, 1.807) is 34.1 Å². The van der Waals surface area contributed by atoms with Gasteiger partial charge >= 0.3 is 6.03 Å². The maximum Gasteiger partial charge on any atom is 0.319 e. The highest BCUT2D eigenvalue weighted by Gasteiger charge is 2.44. The lowest BCUT2D eigenvalue weighted by Gasteiger charge is -2.27. The van der Waals surface area contributed by atoms with Gasteiger partial charge in [-0.3, -0.25) is 29.4 Å². The number of rotatable bonds is 6. The fourth-order valence-electron chi connectivity index (χ4n) is 4.56. The summed E-state index contributed by atoms with van der Waals surface area (Å²) in [6.07, 6.45) is 0.0880. The molecule has 3 heterocycles. The minimum Gasteiger partial charge on any atom is -0.497 e. The number of anilines is 1. The van der Waals surface area contributed by atoms with Gasteiger partial charge in [0.2, 0.25) is 11.8 Å². The van der Waals surface area contributed by atoms with Crippen molar-refractivity contribution in [3.8, 4) is 11.5 Å². The molecule has 1 saturated heterocycles. The number of methoxy groups -OCH3 is 2. The molecule has 1 aromatic heterocycles. The van der Waals surface area contributed by atoms with E-state index < -0.39 is 41.2 Å². The summed E-state index contributed by atoms with van der Waals surface area (Å²) in [7, 11) is 3.11. The molecule has 0 spiro atoms. The number of thiazole rings is 1. The van der Waals surface area contributed by atoms with E-state index in [1.807, 2.05) is 6.07 Å². The quantitative estimate of drug-likeness (QED) is 0.395. The van der Waals surface area contributed by atoms with Crippen molar-refractivity contribution in [3.05, 3.63) is 46.5 Å². The number of nitrogens with one attached hydrogen (secondary N) is 3. The highest BCUT2D eigenvalue weighted by atomic mass is 32.1. The molecule has 0 bridgehead atoms. The summed E-state index contributed by atoms with van der Waals surface area (Å²) in [6.45, 7) is 3.60. The van der Waals surface area contributed by atoms with Crippen LogP contribution in [0.1, 0.15) is 52.4 Å². The molecule has 3 N–H and O–H groups in total. The van der Waals surface area contributed by atoms with Crippen LogP contribution in [-0.2, 0) is 15.1 Å². The number of aromatic nitrogens is 1. The number of carbonyl (C=O) groups excluding carboxylic acids is 5. The Bertz CT molecular complexity index is 1560. The van der Waals surface area contributed by atoms with Gasteiger partial charge in [-0.25, -0.2) is 9.78 Å². The van der Waals surface area contributed by atoms with Crippen molar-refractivity contribution in [1.82, 2.24) is 20.5 Å². The van der Waals surface area contributed by atoms with Crippen molar-refractivity contribution < 1.29 is 33.4 Å². The lowest BCUT2D eigenvalue weighted by atomic mass is 10.0. The second kappa shape index (κ2) is 9.66. The first-order valence-corrected chi connectivity index (χ1v) is 12.8. The Hall–Kier alpha value is -4.52. The average Bonchev–Trinajstić information content (AvgIpc) is 3.43. The number of benzene rings is 2. The average molecular weight is 552 g/mol. The first-order valence-electron chi connectivity index (χ1n) is 12.0. The molecule has 2 aliphatic rings. The standard InChI is InChI=1S/C26H25N5O7S/c1-26(2,24-29-20-17(38-4)10-13(37-3)11-18(20)39-24)30-25(36)27-12-5-6-14-15(9-12)23(35)31(22(14)34)16-7-8-19(32)28-21(16)33/h5-6,9-11,16H,7-8H2,1-4H3,(H2,27,30,36)(H,28,32,33). The predicted octanol–water partition coefficient (Wildman–Crippen LogP) is 2.77. The SMILES string of the molecule is COc1cc(OC)c2nc(C(C)(C)NC(=O)Nc3ccc4c(c3)C(=O)N(C3CCC(=O)NC3=O)C4=O)sc2c1. The monoisotopic (exact) mass is 551 g/mol. The van der Waals surface area contributed by atoms with E-state index in [1.165, 1.54) is 29.5 Å². The summed E-state index contributed by atoms with van der Waals surface area (Å²) in [5.41, 5.74) is 0.237. The van der Waals surface area contributed by atoms with Gasteiger partial charge in [0.15, 0.2) is 0 Å². The maximum absolute atomic E-state index is 13.1. The van der Waals surface area contributed by atoms with Crippen LogP contribution in [0.5, 0.6) is 11.5 Å². The topological polar surface area (TPSA) is 156 Å². The molecule has 6 amide bonds. The molecule has 0 saturated carbocycles. The summed E-state index contributed by atoms with van der Waals surface area (Å²) in [5.74, 6) is -1.24. The summed E-state index contributed by atoms with van der Waals surface area (Å²) in [5, 5.41) is 8.37. The van der Waals surface area contributed by atoms with Crippen LogP contribution in [0.15, 0.2) is 30.3 Å². The summed E-state index contributed by atoms with van der Waals surface area (Å²) in [6, 6.07) is 6.28. The van der Waals surface area contributed by atoms with Gasteiger partial charge in [-0.05, 0) is 44.5 Å². The van der Waals surface area contributed by atoms with Gasteiger partial charge in [-0.2, -0.15) is 0 Å². The maximum atomic E-state index is 13.1. The highest BCUT2D eigenvalue weighted by molar-refractivity contribution is 7.18. The second-order valence-electron chi connectivity index (χ2n) is 9.61. The molecule has 13 heteroatoms. The van der Waals surface area contributed by atoms with Gasteiger partial charge in [-0.15, -0.1) is 11.3 Å². The van der Waals surface area contributed by atoms with E-state index >= 15 is 0 Å². The number of ether oxygens (including phenoxy) is 2. The van der Waals surface area contributed by atoms with Crippen LogP contribution in [0.25, 0.3) is 10.2 Å². The van der Waals surface area contributed by atoms with Crippen LogP contribution in [0.4, 0.5) is 10.5 Å². The molecule has 0 aliphatic carbocycles. The Morgan fingerprint density at radius 2 is 1.82 bits per heavy atom. The van der Waals surface area contributed by atoms with E-state index in [4.69, 9.17) is 9.47 Å². The molecular formula is C26H25N5O7S. The molecule has 2 aromatic carbocycles. The van der Waals surface area contributed by atoms with Crippen molar-refractivity contribution in [2.45, 2.75) is 38.3 Å². The van der Waals surface area contributed by atoms with E-state index in [2.05, 4.69) is 20.9 Å². The number of hydrogen-bond donors (Lipinski definition) is 3. The van der Waals surface area contributed by atoms with Crippen LogP contribution < -0.4 is 25.4 Å². The van der Waals surface area contributed by atoms with Gasteiger partial charge in [0.25, 0.3) is 11.8 Å². The van der Waals surface area contributed by atoms with Crippen molar-refractivity contribution >= 4 is 56.9 Å². The summed E-state index contributed by atoms with van der Waals surface area (Å²) in [4.78, 5) is 68.2. The van der Waals surface area contributed by atoms with Gasteiger partial charge in [0.1, 0.15) is 28.1 Å². The molecule has 1 atom stereocenters. The van der Waals surface area contributed by atoms with Crippen LogP contribution in [0.2, 0.25) is 0 Å². The zero-order valence-corrected chi connectivity index (χ0v) is 22.4. The van der Waals surface area contributed by atoms with E-state index in [-0.39, 0.29) is 29.7 Å². The number of fused-ring (bicyclic) bond motifs is 2. The van der Waals surface area contributed by atoms with Crippen molar-refractivity contribution in [2.24, 2.45) is 0 Å². The first kappa shape index (κ1) is 26.1. The van der Waals surface area contributed by atoms with Crippen LogP contribution in [0.3, 0.4) is 0 Å². The Morgan fingerprint density at radius 1 is 1.08 bits per heavy atom. The van der Waals surface area contributed by atoms with E-state index in [0.29, 0.717) is 22.0 Å². The van der Waals surface area contributed by atoms with Gasteiger partial charge in [0, 0.05) is 18.2 Å². The third kappa shape index (κ3) is 4.65. The largest absolute Gasteiger partial charge is 0.497 e. The van der Waals surface area contributed by atoms with E-state index in [0.717, 1.165) is 9.60 Å². The van der Waals surface area contributed by atoms with Crippen LogP contribution >= 0.6 is 11.3 Å². The number of piperidine rings is 1. The lowest BCUT2D eigenvalue weighted by molar-refractivity contribution is -0.136.